The Morgan fingerprint density at radius 3 is 2.25 bits per heavy atom. The van der Waals surface area contributed by atoms with Gasteiger partial charge in [-0.1, -0.05) is 18.2 Å². The summed E-state index contributed by atoms with van der Waals surface area (Å²) >= 11 is 0. The van der Waals surface area contributed by atoms with E-state index in [0.717, 1.165) is 13.0 Å². The van der Waals surface area contributed by atoms with Crippen LogP contribution in [0.2, 0.25) is 0 Å². The monoisotopic (exact) mass is 164 g/mol. The summed E-state index contributed by atoms with van der Waals surface area (Å²) in [5.74, 6) is 0. The number of ether oxygens (including phenoxy) is 1. The molecule has 1 heteroatoms. The molecule has 0 aliphatic carbocycles. The molecule has 0 N–H and O–H groups in total. The largest absolute Gasteiger partial charge is 0.384 e. The third kappa shape index (κ3) is 2.08. The summed E-state index contributed by atoms with van der Waals surface area (Å²) in [5, 5.41) is 0. The molecule has 0 saturated heterocycles. The molecule has 66 valence electrons. The fourth-order valence-electron chi connectivity index (χ4n) is 1.45. The van der Waals surface area contributed by atoms with Crippen molar-refractivity contribution in [2.24, 2.45) is 0 Å². The molecule has 1 aromatic carbocycles. The van der Waals surface area contributed by atoms with Gasteiger partial charge in [0.05, 0.1) is 6.61 Å². The van der Waals surface area contributed by atoms with Gasteiger partial charge in [0.1, 0.15) is 0 Å². The Balaban J connectivity index is 2.81. The minimum absolute atomic E-state index is 0.811. The second kappa shape index (κ2) is 4.27. The molecule has 0 atom stereocenters. The summed E-state index contributed by atoms with van der Waals surface area (Å²) in [5.41, 5.74) is 4.17. The van der Waals surface area contributed by atoms with Gasteiger partial charge in [-0.3, -0.25) is 0 Å². The van der Waals surface area contributed by atoms with E-state index in [1.807, 2.05) is 0 Å². The van der Waals surface area contributed by atoms with E-state index in [1.54, 1.807) is 7.11 Å². The molecule has 0 amide bonds. The van der Waals surface area contributed by atoms with Crippen molar-refractivity contribution in [3.63, 3.8) is 0 Å². The fourth-order valence-corrected chi connectivity index (χ4v) is 1.45. The Labute approximate surface area is 74.4 Å². The number of benzene rings is 1. The van der Waals surface area contributed by atoms with E-state index in [9.17, 15) is 0 Å². The molecule has 0 unspecified atom stereocenters. The number of methoxy groups -OCH3 is 1. The van der Waals surface area contributed by atoms with Gasteiger partial charge in [0.25, 0.3) is 0 Å². The quantitative estimate of drug-likeness (QED) is 0.667. The van der Waals surface area contributed by atoms with Gasteiger partial charge in [0, 0.05) is 7.11 Å². The molecule has 1 rings (SSSR count). The number of rotatable bonds is 3. The first-order chi connectivity index (χ1) is 5.75. The maximum Gasteiger partial charge on any atom is 0.0502 e. The van der Waals surface area contributed by atoms with Crippen LogP contribution < -0.4 is 0 Å². The minimum atomic E-state index is 0.811. The van der Waals surface area contributed by atoms with Crippen molar-refractivity contribution in [1.82, 2.24) is 0 Å². The SMILES string of the molecule is COCCc1c(C)cccc1C. The summed E-state index contributed by atoms with van der Waals surface area (Å²) in [6, 6.07) is 6.40. The second-order valence-corrected chi connectivity index (χ2v) is 3.11. The molecule has 0 radical (unpaired) electrons. The van der Waals surface area contributed by atoms with Gasteiger partial charge < -0.3 is 4.74 Å². The zero-order valence-corrected chi connectivity index (χ0v) is 8.05. The smallest absolute Gasteiger partial charge is 0.0502 e. The predicted molar refractivity (Wildman–Crippen MR) is 51.5 cm³/mol. The van der Waals surface area contributed by atoms with Crippen LogP contribution in [0.3, 0.4) is 0 Å². The molecule has 0 heterocycles. The van der Waals surface area contributed by atoms with Crippen LogP contribution in [0, 0.1) is 13.8 Å². The van der Waals surface area contributed by atoms with E-state index in [2.05, 4.69) is 32.0 Å². The summed E-state index contributed by atoms with van der Waals surface area (Å²) in [6.07, 6.45) is 1.02. The lowest BCUT2D eigenvalue weighted by Crippen LogP contribution is -1.99. The molecule has 1 nitrogen and oxygen atoms in total. The lowest BCUT2D eigenvalue weighted by atomic mass is 10.0. The summed E-state index contributed by atoms with van der Waals surface area (Å²) in [6.45, 7) is 5.11. The number of hydrogen-bond donors (Lipinski definition) is 0. The third-order valence-electron chi connectivity index (χ3n) is 2.20. The van der Waals surface area contributed by atoms with Crippen molar-refractivity contribution in [2.75, 3.05) is 13.7 Å². The number of hydrogen-bond acceptors (Lipinski definition) is 1. The lowest BCUT2D eigenvalue weighted by molar-refractivity contribution is 0.202. The van der Waals surface area contributed by atoms with Gasteiger partial charge in [-0.05, 0) is 37.0 Å². The topological polar surface area (TPSA) is 9.23 Å². The van der Waals surface area contributed by atoms with Crippen molar-refractivity contribution < 1.29 is 4.74 Å². The number of aryl methyl sites for hydroxylation is 2. The zero-order chi connectivity index (χ0) is 8.97. The normalized spacial score (nSPS) is 10.2. The van der Waals surface area contributed by atoms with Crippen molar-refractivity contribution in [1.29, 1.82) is 0 Å². The molecular formula is C11H16O. The van der Waals surface area contributed by atoms with E-state index in [1.165, 1.54) is 16.7 Å². The van der Waals surface area contributed by atoms with Crippen molar-refractivity contribution >= 4 is 0 Å². The highest BCUT2D eigenvalue weighted by Gasteiger charge is 2.00. The molecule has 0 spiro atoms. The van der Waals surface area contributed by atoms with E-state index < -0.39 is 0 Å². The van der Waals surface area contributed by atoms with E-state index in [0.29, 0.717) is 0 Å². The van der Waals surface area contributed by atoms with Gasteiger partial charge in [0.2, 0.25) is 0 Å². The fraction of sp³-hybridized carbons (Fsp3) is 0.455. The molecule has 1 aromatic rings. The molecule has 0 aromatic heterocycles. The molecule has 0 bridgehead atoms. The van der Waals surface area contributed by atoms with Gasteiger partial charge in [-0.2, -0.15) is 0 Å². The van der Waals surface area contributed by atoms with E-state index >= 15 is 0 Å². The lowest BCUT2D eigenvalue weighted by Gasteiger charge is -2.08. The maximum absolute atomic E-state index is 5.06. The Bertz CT molecular complexity index is 233. The van der Waals surface area contributed by atoms with Crippen LogP contribution in [0.25, 0.3) is 0 Å². The van der Waals surface area contributed by atoms with Crippen LogP contribution in [0.1, 0.15) is 16.7 Å². The molecular weight excluding hydrogens is 148 g/mol. The van der Waals surface area contributed by atoms with Crippen molar-refractivity contribution in [3.8, 4) is 0 Å². The average molecular weight is 164 g/mol. The highest BCUT2D eigenvalue weighted by molar-refractivity contribution is 5.33. The highest BCUT2D eigenvalue weighted by atomic mass is 16.5. The first-order valence-corrected chi connectivity index (χ1v) is 4.29. The van der Waals surface area contributed by atoms with Crippen LogP contribution in [0.15, 0.2) is 18.2 Å². The van der Waals surface area contributed by atoms with E-state index in [4.69, 9.17) is 4.74 Å². The first-order valence-electron chi connectivity index (χ1n) is 4.29. The van der Waals surface area contributed by atoms with Gasteiger partial charge in [-0.25, -0.2) is 0 Å². The van der Waals surface area contributed by atoms with Gasteiger partial charge in [-0.15, -0.1) is 0 Å². The molecule has 12 heavy (non-hydrogen) atoms. The Kier molecular flexibility index (Phi) is 3.30. The molecule has 0 saturated carbocycles. The summed E-state index contributed by atoms with van der Waals surface area (Å²) in [4.78, 5) is 0. The molecule has 0 aliphatic rings. The van der Waals surface area contributed by atoms with E-state index in [-0.39, 0.29) is 0 Å². The summed E-state index contributed by atoms with van der Waals surface area (Å²) in [7, 11) is 1.74. The predicted octanol–water partition coefficient (Wildman–Crippen LogP) is 2.49. The zero-order valence-electron chi connectivity index (χ0n) is 8.05. The second-order valence-electron chi connectivity index (χ2n) is 3.11. The maximum atomic E-state index is 5.06. The van der Waals surface area contributed by atoms with Crippen LogP contribution in [0.5, 0.6) is 0 Å². The highest BCUT2D eigenvalue weighted by Crippen LogP contribution is 2.13. The van der Waals surface area contributed by atoms with Gasteiger partial charge in [0.15, 0.2) is 0 Å². The van der Waals surface area contributed by atoms with Crippen molar-refractivity contribution in [2.45, 2.75) is 20.3 Å². The Morgan fingerprint density at radius 2 is 1.75 bits per heavy atom. The van der Waals surface area contributed by atoms with Crippen LogP contribution in [0.4, 0.5) is 0 Å². The van der Waals surface area contributed by atoms with Crippen molar-refractivity contribution in [3.05, 3.63) is 34.9 Å². The van der Waals surface area contributed by atoms with Crippen LogP contribution >= 0.6 is 0 Å². The van der Waals surface area contributed by atoms with Crippen LogP contribution in [-0.2, 0) is 11.2 Å². The average Bonchev–Trinajstić information content (AvgIpc) is 2.04. The third-order valence-corrected chi connectivity index (χ3v) is 2.20. The Hall–Kier alpha value is -0.820. The minimum Gasteiger partial charge on any atom is -0.384 e. The summed E-state index contributed by atoms with van der Waals surface area (Å²) < 4.78 is 5.06. The standard InChI is InChI=1S/C11H16O/c1-9-5-4-6-10(2)11(9)7-8-12-3/h4-6H,7-8H2,1-3H3. The van der Waals surface area contributed by atoms with Gasteiger partial charge >= 0.3 is 0 Å². The first kappa shape index (κ1) is 9.27. The molecule has 0 aliphatic heterocycles. The van der Waals surface area contributed by atoms with Crippen LogP contribution in [-0.4, -0.2) is 13.7 Å². The Morgan fingerprint density at radius 1 is 1.17 bits per heavy atom. The molecule has 0 fully saturated rings.